The number of carbonyl (C=O) groups is 1. The maximum absolute atomic E-state index is 12.4. The van der Waals surface area contributed by atoms with Gasteiger partial charge in [0.15, 0.2) is 5.13 Å². The van der Waals surface area contributed by atoms with Gasteiger partial charge in [-0.1, -0.05) is 24.7 Å². The van der Waals surface area contributed by atoms with E-state index in [2.05, 4.69) is 22.1 Å². The van der Waals surface area contributed by atoms with Crippen molar-refractivity contribution in [2.45, 2.75) is 32.2 Å². The van der Waals surface area contributed by atoms with Gasteiger partial charge in [-0.05, 0) is 18.8 Å². The Bertz CT molecular complexity index is 513. The number of hydrogen-bond donors (Lipinski definition) is 2. The molecule has 0 bridgehead atoms. The van der Waals surface area contributed by atoms with Crippen LogP contribution in [0.1, 0.15) is 35.9 Å². The summed E-state index contributed by atoms with van der Waals surface area (Å²) in [5, 5.41) is 3.93. The fourth-order valence-electron chi connectivity index (χ4n) is 2.97. The zero-order valence-electron chi connectivity index (χ0n) is 12.3. The highest BCUT2D eigenvalue weighted by Crippen LogP contribution is 2.30. The number of morpholine rings is 1. The van der Waals surface area contributed by atoms with E-state index in [1.165, 1.54) is 24.2 Å². The van der Waals surface area contributed by atoms with Crippen molar-refractivity contribution in [1.82, 2.24) is 10.3 Å². The third-order valence-corrected chi connectivity index (χ3v) is 5.44. The number of nitrogens with zero attached hydrogens (tertiary/aromatic N) is 2. The first-order valence-electron chi connectivity index (χ1n) is 7.55. The van der Waals surface area contributed by atoms with Gasteiger partial charge < -0.3 is 20.7 Å². The molecule has 0 aromatic carbocycles. The minimum absolute atomic E-state index is 0.0803. The number of thiazole rings is 1. The molecule has 116 valence electrons. The van der Waals surface area contributed by atoms with E-state index < -0.39 is 0 Å². The highest BCUT2D eigenvalue weighted by Gasteiger charge is 2.27. The molecule has 1 saturated carbocycles. The van der Waals surface area contributed by atoms with Crippen molar-refractivity contribution in [1.29, 1.82) is 0 Å². The number of nitrogen functional groups attached to an aromatic ring is 1. The molecule has 1 saturated heterocycles. The van der Waals surface area contributed by atoms with Crippen molar-refractivity contribution in [3.8, 4) is 0 Å². The maximum Gasteiger partial charge on any atom is 0.265 e. The summed E-state index contributed by atoms with van der Waals surface area (Å²) in [6, 6.07) is 0.269. The van der Waals surface area contributed by atoms with E-state index in [0.717, 1.165) is 24.6 Å². The summed E-state index contributed by atoms with van der Waals surface area (Å²) in [5.41, 5.74) is 5.94. The number of carbonyl (C=O) groups excluding carboxylic acids is 1. The first-order chi connectivity index (χ1) is 10.1. The van der Waals surface area contributed by atoms with Gasteiger partial charge in [-0.3, -0.25) is 4.79 Å². The molecule has 21 heavy (non-hydrogen) atoms. The lowest BCUT2D eigenvalue weighted by atomic mass is 10.1. The topological polar surface area (TPSA) is 80.5 Å². The van der Waals surface area contributed by atoms with Crippen LogP contribution in [0.15, 0.2) is 0 Å². The Morgan fingerprint density at radius 1 is 1.43 bits per heavy atom. The molecule has 1 aromatic heterocycles. The van der Waals surface area contributed by atoms with Crippen molar-refractivity contribution in [3.05, 3.63) is 4.88 Å². The van der Waals surface area contributed by atoms with Gasteiger partial charge in [-0.25, -0.2) is 4.98 Å². The summed E-state index contributed by atoms with van der Waals surface area (Å²) in [5.74, 6) is 0.801. The van der Waals surface area contributed by atoms with Gasteiger partial charge in [0, 0.05) is 19.1 Å². The number of ether oxygens (including phenoxy) is 1. The summed E-state index contributed by atoms with van der Waals surface area (Å²) in [6.07, 6.45) is 3.42. The molecule has 2 unspecified atom stereocenters. The van der Waals surface area contributed by atoms with Crippen LogP contribution in [0.2, 0.25) is 0 Å². The van der Waals surface area contributed by atoms with E-state index >= 15 is 0 Å². The summed E-state index contributed by atoms with van der Waals surface area (Å²) in [4.78, 5) is 19.4. The lowest BCUT2D eigenvalue weighted by molar-refractivity contribution is 0.0934. The van der Waals surface area contributed by atoms with E-state index in [9.17, 15) is 4.79 Å². The number of anilines is 2. The number of aromatic nitrogens is 1. The van der Waals surface area contributed by atoms with E-state index in [1.807, 2.05) is 0 Å². The van der Waals surface area contributed by atoms with Crippen LogP contribution >= 0.6 is 11.3 Å². The molecule has 2 heterocycles. The predicted molar refractivity (Wildman–Crippen MR) is 83.8 cm³/mol. The third kappa shape index (κ3) is 3.13. The second kappa shape index (κ2) is 6.19. The minimum Gasteiger partial charge on any atom is -0.382 e. The molecule has 3 N–H and O–H groups in total. The van der Waals surface area contributed by atoms with Crippen LogP contribution in [-0.4, -0.2) is 43.2 Å². The smallest absolute Gasteiger partial charge is 0.265 e. The lowest BCUT2D eigenvalue weighted by Crippen LogP contribution is -2.36. The Kier molecular flexibility index (Phi) is 4.30. The Morgan fingerprint density at radius 3 is 2.86 bits per heavy atom. The van der Waals surface area contributed by atoms with Crippen molar-refractivity contribution >= 4 is 28.2 Å². The molecule has 2 atom stereocenters. The molecule has 3 rings (SSSR count). The average molecular weight is 310 g/mol. The van der Waals surface area contributed by atoms with Gasteiger partial charge in [-0.15, -0.1) is 0 Å². The van der Waals surface area contributed by atoms with E-state index in [1.54, 1.807) is 0 Å². The van der Waals surface area contributed by atoms with Crippen molar-refractivity contribution in [2.75, 3.05) is 36.9 Å². The molecule has 1 aliphatic heterocycles. The van der Waals surface area contributed by atoms with Crippen LogP contribution < -0.4 is 16.0 Å². The Hall–Kier alpha value is -1.34. The van der Waals surface area contributed by atoms with Crippen LogP contribution in [0.5, 0.6) is 0 Å². The highest BCUT2D eigenvalue weighted by atomic mass is 32.1. The molecule has 2 fully saturated rings. The molecule has 6 nitrogen and oxygen atoms in total. The molecule has 0 radical (unpaired) electrons. The quantitative estimate of drug-likeness (QED) is 0.884. The minimum atomic E-state index is -0.0803. The largest absolute Gasteiger partial charge is 0.382 e. The molecule has 0 spiro atoms. The summed E-state index contributed by atoms with van der Waals surface area (Å²) in [6.45, 7) is 5.18. The SMILES string of the molecule is CC1CCCC1NC(=O)c1sc(N2CCOCC2)nc1N. The molecule has 7 heteroatoms. The highest BCUT2D eigenvalue weighted by molar-refractivity contribution is 7.18. The van der Waals surface area contributed by atoms with Crippen molar-refractivity contribution in [2.24, 2.45) is 5.92 Å². The Morgan fingerprint density at radius 2 is 2.19 bits per heavy atom. The summed E-state index contributed by atoms with van der Waals surface area (Å²) in [7, 11) is 0. The molecular weight excluding hydrogens is 288 g/mol. The van der Waals surface area contributed by atoms with Crippen molar-refractivity contribution in [3.63, 3.8) is 0 Å². The summed E-state index contributed by atoms with van der Waals surface area (Å²) >= 11 is 1.38. The number of rotatable bonds is 3. The third-order valence-electron chi connectivity index (χ3n) is 4.31. The average Bonchev–Trinajstić information content (AvgIpc) is 3.06. The van der Waals surface area contributed by atoms with E-state index in [0.29, 0.717) is 29.8 Å². The molecule has 2 aliphatic rings. The number of nitrogens with two attached hydrogens (primary N) is 1. The van der Waals surface area contributed by atoms with Crippen LogP contribution in [0.25, 0.3) is 0 Å². The zero-order valence-corrected chi connectivity index (χ0v) is 13.1. The monoisotopic (exact) mass is 310 g/mol. The van der Waals surface area contributed by atoms with E-state index in [-0.39, 0.29) is 11.9 Å². The fourth-order valence-corrected chi connectivity index (χ4v) is 3.91. The van der Waals surface area contributed by atoms with Crippen LogP contribution in [0.3, 0.4) is 0 Å². The van der Waals surface area contributed by atoms with Gasteiger partial charge in [0.05, 0.1) is 13.2 Å². The van der Waals surface area contributed by atoms with Gasteiger partial charge >= 0.3 is 0 Å². The fraction of sp³-hybridized carbons (Fsp3) is 0.714. The van der Waals surface area contributed by atoms with Gasteiger partial charge in [0.1, 0.15) is 10.7 Å². The van der Waals surface area contributed by atoms with Crippen LogP contribution in [0, 0.1) is 5.92 Å². The molecule has 1 aromatic rings. The normalized spacial score (nSPS) is 26.0. The predicted octanol–water partition coefficient (Wildman–Crippen LogP) is 1.48. The Labute approximate surface area is 128 Å². The number of nitrogens with one attached hydrogen (secondary N) is 1. The first kappa shape index (κ1) is 14.6. The van der Waals surface area contributed by atoms with Gasteiger partial charge in [0.25, 0.3) is 5.91 Å². The van der Waals surface area contributed by atoms with Crippen LogP contribution in [-0.2, 0) is 4.74 Å². The first-order valence-corrected chi connectivity index (χ1v) is 8.36. The van der Waals surface area contributed by atoms with Gasteiger partial charge in [-0.2, -0.15) is 0 Å². The second-order valence-electron chi connectivity index (χ2n) is 5.80. The van der Waals surface area contributed by atoms with Crippen LogP contribution in [0.4, 0.5) is 10.9 Å². The zero-order chi connectivity index (χ0) is 14.8. The standard InChI is InChI=1S/C14H22N4O2S/c1-9-3-2-4-10(9)16-13(19)11-12(15)17-14(21-11)18-5-7-20-8-6-18/h9-10H,2-8,15H2,1H3,(H,16,19). The van der Waals surface area contributed by atoms with Gasteiger partial charge in [0.2, 0.25) is 0 Å². The molecule has 1 aliphatic carbocycles. The van der Waals surface area contributed by atoms with Crippen molar-refractivity contribution < 1.29 is 9.53 Å². The number of amides is 1. The van der Waals surface area contributed by atoms with E-state index in [4.69, 9.17) is 10.5 Å². The molecular formula is C14H22N4O2S. The molecule has 1 amide bonds. The summed E-state index contributed by atoms with van der Waals surface area (Å²) < 4.78 is 5.33. The Balaban J connectivity index is 1.69. The lowest BCUT2D eigenvalue weighted by Gasteiger charge is -2.25. The second-order valence-corrected chi connectivity index (χ2v) is 6.78. The maximum atomic E-state index is 12.4. The number of hydrogen-bond acceptors (Lipinski definition) is 6.